The maximum Gasteiger partial charge on any atom is 0.329 e. The van der Waals surface area contributed by atoms with Crippen LogP contribution in [0.2, 0.25) is 0 Å². The molecule has 0 aliphatic carbocycles. The fraction of sp³-hybridized carbons (Fsp3) is 0.364. The number of aromatic nitrogens is 2. The molecule has 1 aromatic heterocycles. The van der Waals surface area contributed by atoms with Gasteiger partial charge in [-0.1, -0.05) is 42.5 Å². The number of nitrogens with zero attached hydrogens (tertiary/aromatic N) is 3. The monoisotopic (exact) mass is 430 g/mol. The van der Waals surface area contributed by atoms with Crippen molar-refractivity contribution in [2.45, 2.75) is 13.1 Å². The Morgan fingerprint density at radius 3 is 2.17 bits per heavy atom. The van der Waals surface area contributed by atoms with E-state index in [4.69, 9.17) is 5.11 Å². The lowest BCUT2D eigenvalue weighted by Gasteiger charge is -2.32. The molecule has 2 heterocycles. The normalized spacial score (nSPS) is 14.6. The molecule has 4 rings (SSSR count). The molecule has 7 nitrogen and oxygen atoms in total. The predicted molar refractivity (Wildman–Crippen MR) is 111 cm³/mol. The van der Waals surface area contributed by atoms with Gasteiger partial charge in [-0.25, -0.2) is 4.79 Å². The highest BCUT2D eigenvalue weighted by atomic mass is 35.5. The van der Waals surface area contributed by atoms with Crippen molar-refractivity contribution in [1.29, 1.82) is 0 Å². The van der Waals surface area contributed by atoms with E-state index in [1.165, 1.54) is 4.90 Å². The summed E-state index contributed by atoms with van der Waals surface area (Å²) in [7, 11) is 0. The van der Waals surface area contributed by atoms with Gasteiger partial charge in [-0.15, -0.1) is 0 Å². The van der Waals surface area contributed by atoms with Crippen molar-refractivity contribution in [3.05, 3.63) is 70.6 Å². The first-order valence-electron chi connectivity index (χ1n) is 10.1. The molecule has 0 bridgehead atoms. The highest BCUT2D eigenvalue weighted by molar-refractivity contribution is 5.81. The first kappa shape index (κ1) is 22.1. The quantitative estimate of drug-likeness (QED) is 0.428. The summed E-state index contributed by atoms with van der Waals surface area (Å²) in [4.78, 5) is 29.2. The topological polar surface area (TPSA) is 71.9 Å². The van der Waals surface area contributed by atoms with Crippen LogP contribution in [-0.2, 0) is 17.9 Å². The Hall–Kier alpha value is -2.61. The number of halogens is 1. The lowest BCUT2D eigenvalue weighted by atomic mass is 10.2. The van der Waals surface area contributed by atoms with Crippen LogP contribution in [0.25, 0.3) is 11.0 Å². The molecule has 1 aliphatic heterocycles. The molecule has 0 saturated carbocycles. The number of rotatable bonds is 6. The standard InChI is InChI=1S/C22H26N4O3.ClH/c27-15-14-23-10-12-24(13-11-23)21(28)17-26-20-9-5-4-8-19(20)25(22(26)29)16-18-6-2-1-3-7-18;/h1-9,27H,10-17H2;1H. The molecule has 1 amide bonds. The first-order valence-corrected chi connectivity index (χ1v) is 10.1. The summed E-state index contributed by atoms with van der Waals surface area (Å²) >= 11 is 0. The Balaban J connectivity index is 0.00000256. The second-order valence-corrected chi connectivity index (χ2v) is 7.53. The number of amides is 1. The summed E-state index contributed by atoms with van der Waals surface area (Å²) in [5, 5.41) is 9.09. The van der Waals surface area contributed by atoms with Gasteiger partial charge in [-0.2, -0.15) is 0 Å². The van der Waals surface area contributed by atoms with E-state index in [1.807, 2.05) is 59.5 Å². The molecular formula is C22H27ClN4O3. The summed E-state index contributed by atoms with van der Waals surface area (Å²) < 4.78 is 3.33. The Kier molecular flexibility index (Phi) is 7.31. The molecule has 160 valence electrons. The summed E-state index contributed by atoms with van der Waals surface area (Å²) in [5.41, 5.74) is 2.51. The van der Waals surface area contributed by atoms with Crippen LogP contribution in [0.1, 0.15) is 5.56 Å². The third kappa shape index (κ3) is 4.59. The molecule has 3 aromatic rings. The number of piperazine rings is 1. The predicted octanol–water partition coefficient (Wildman–Crippen LogP) is -3.43. The van der Waals surface area contributed by atoms with Crippen LogP contribution in [0.5, 0.6) is 0 Å². The fourth-order valence-corrected chi connectivity index (χ4v) is 4.06. The Morgan fingerprint density at radius 2 is 1.53 bits per heavy atom. The molecule has 30 heavy (non-hydrogen) atoms. The van der Waals surface area contributed by atoms with E-state index in [0.29, 0.717) is 26.2 Å². The largest absolute Gasteiger partial charge is 1.00 e. The number of quaternary nitrogens is 1. The van der Waals surface area contributed by atoms with Gasteiger partial charge < -0.3 is 27.3 Å². The number of fused-ring (bicyclic) bond motifs is 1. The minimum atomic E-state index is -0.159. The zero-order valence-corrected chi connectivity index (χ0v) is 17.6. The molecule has 0 spiro atoms. The van der Waals surface area contributed by atoms with E-state index >= 15 is 0 Å². The molecule has 2 aromatic carbocycles. The average Bonchev–Trinajstić information content (AvgIpc) is 3.01. The molecule has 1 saturated heterocycles. The summed E-state index contributed by atoms with van der Waals surface area (Å²) in [6, 6.07) is 17.5. The van der Waals surface area contributed by atoms with Crippen LogP contribution >= 0.6 is 0 Å². The number of benzene rings is 2. The second kappa shape index (κ2) is 9.93. The van der Waals surface area contributed by atoms with Gasteiger partial charge >= 0.3 is 5.69 Å². The number of hydrogen-bond acceptors (Lipinski definition) is 3. The smallest absolute Gasteiger partial charge is 0.329 e. The van der Waals surface area contributed by atoms with Gasteiger partial charge in [0.2, 0.25) is 5.91 Å². The molecule has 8 heteroatoms. The third-order valence-electron chi connectivity index (χ3n) is 5.69. The van der Waals surface area contributed by atoms with E-state index in [0.717, 1.165) is 29.7 Å². The van der Waals surface area contributed by atoms with Gasteiger partial charge in [0.05, 0.1) is 50.4 Å². The number of aliphatic hydroxyl groups is 1. The van der Waals surface area contributed by atoms with Gasteiger partial charge in [0.1, 0.15) is 13.1 Å². The zero-order chi connectivity index (χ0) is 20.2. The number of para-hydroxylation sites is 2. The number of imidazole rings is 1. The van der Waals surface area contributed by atoms with Crippen molar-refractivity contribution in [1.82, 2.24) is 14.0 Å². The van der Waals surface area contributed by atoms with E-state index in [9.17, 15) is 9.59 Å². The van der Waals surface area contributed by atoms with Gasteiger partial charge in [-0.3, -0.25) is 13.9 Å². The molecule has 2 N–H and O–H groups in total. The van der Waals surface area contributed by atoms with Crippen LogP contribution in [-0.4, -0.2) is 64.4 Å². The summed E-state index contributed by atoms with van der Waals surface area (Å²) in [6.07, 6.45) is 0. The third-order valence-corrected chi connectivity index (χ3v) is 5.69. The Labute approximate surface area is 181 Å². The minimum absolute atomic E-state index is 0. The highest BCUT2D eigenvalue weighted by Gasteiger charge is 2.25. The van der Waals surface area contributed by atoms with Crippen molar-refractivity contribution in [3.8, 4) is 0 Å². The fourth-order valence-electron chi connectivity index (χ4n) is 4.06. The van der Waals surface area contributed by atoms with Crippen molar-refractivity contribution in [3.63, 3.8) is 0 Å². The Morgan fingerprint density at radius 1 is 0.933 bits per heavy atom. The number of carbonyl (C=O) groups excluding carboxylic acids is 1. The van der Waals surface area contributed by atoms with E-state index in [1.54, 1.807) is 9.13 Å². The van der Waals surface area contributed by atoms with Gasteiger partial charge in [0.15, 0.2) is 0 Å². The Bertz CT molecular complexity index is 1040. The first-order chi connectivity index (χ1) is 14.2. The van der Waals surface area contributed by atoms with E-state index in [-0.39, 0.29) is 37.2 Å². The molecular weight excluding hydrogens is 404 g/mol. The lowest BCUT2D eigenvalue weighted by Crippen LogP contribution is -3.15. The summed E-state index contributed by atoms with van der Waals surface area (Å²) in [5.74, 6) is -0.0298. The highest BCUT2D eigenvalue weighted by Crippen LogP contribution is 2.15. The maximum atomic E-state index is 13.2. The lowest BCUT2D eigenvalue weighted by molar-refractivity contribution is -0.904. The van der Waals surface area contributed by atoms with Crippen LogP contribution in [0.4, 0.5) is 0 Å². The van der Waals surface area contributed by atoms with Crippen LogP contribution in [0.3, 0.4) is 0 Å². The van der Waals surface area contributed by atoms with E-state index < -0.39 is 0 Å². The molecule has 0 atom stereocenters. The number of aliphatic hydroxyl groups excluding tert-OH is 1. The number of nitrogens with one attached hydrogen (secondary N) is 1. The maximum absolute atomic E-state index is 13.2. The number of hydrogen-bond donors (Lipinski definition) is 2. The van der Waals surface area contributed by atoms with Crippen molar-refractivity contribution in [2.75, 3.05) is 39.3 Å². The average molecular weight is 431 g/mol. The molecule has 0 radical (unpaired) electrons. The van der Waals surface area contributed by atoms with Crippen molar-refractivity contribution >= 4 is 16.9 Å². The summed E-state index contributed by atoms with van der Waals surface area (Å²) in [6.45, 7) is 4.39. The van der Waals surface area contributed by atoms with Crippen molar-refractivity contribution in [2.24, 2.45) is 0 Å². The van der Waals surface area contributed by atoms with Crippen LogP contribution in [0.15, 0.2) is 59.4 Å². The van der Waals surface area contributed by atoms with Crippen LogP contribution < -0.4 is 23.0 Å². The van der Waals surface area contributed by atoms with Crippen molar-refractivity contribution < 1.29 is 27.2 Å². The molecule has 1 aliphatic rings. The van der Waals surface area contributed by atoms with Gasteiger partial charge in [0, 0.05) is 0 Å². The zero-order valence-electron chi connectivity index (χ0n) is 16.8. The SMILES string of the molecule is O=C(Cn1c(=O)n(Cc2ccccc2)c2ccccc21)N1CC[NH+](CCO)CC1.[Cl-]. The van der Waals surface area contributed by atoms with Gasteiger partial charge in [0.25, 0.3) is 0 Å². The number of carbonyl (C=O) groups is 1. The minimum Gasteiger partial charge on any atom is -1.00 e. The molecule has 1 fully saturated rings. The second-order valence-electron chi connectivity index (χ2n) is 7.53. The van der Waals surface area contributed by atoms with E-state index in [2.05, 4.69) is 0 Å². The van der Waals surface area contributed by atoms with Gasteiger partial charge in [-0.05, 0) is 17.7 Å². The van der Waals surface area contributed by atoms with Crippen LogP contribution in [0, 0.1) is 0 Å². The molecule has 0 unspecified atom stereocenters.